The van der Waals surface area contributed by atoms with Gasteiger partial charge in [0.15, 0.2) is 0 Å². The van der Waals surface area contributed by atoms with Gasteiger partial charge in [-0.2, -0.15) is 20.9 Å². The molecule has 14 aromatic rings. The van der Waals surface area contributed by atoms with Crippen LogP contribution in [0.4, 0.5) is 4.79 Å². The SMILES string of the molecule is CCCCC(=O)N(CCO)Cc1ccc(-c2ccccc2-c2nn[nH]n2)cc1.CCCCC(=O)N(Cc1ccc(-c2ccccc2-c2nn[nH]n2)cc1)C(Cc1ccc(O)cc1)C(=O)O.CCCCC(=O)N(Cc1ccc(-c2ccccc2-c2nn[nH]n2)cc1)C(Cc1ccc(OC)cc1)C(=O)O.CCOC(=O)N(Cc1ccc(-c2ccccc2-c2nn[nH]n2)cc1)[C@H](C(=O)O)C(C)C. The minimum Gasteiger partial charge on any atom is -0.508 e. The number of amides is 4. The number of nitrogens with one attached hydrogen (secondary N) is 4. The zero-order valence-electron chi connectivity index (χ0n) is 75.7. The number of aromatic amines is 4. The number of H-pyrrole nitrogens is 4. The Morgan fingerprint density at radius 2 is 0.664 bits per heavy atom. The van der Waals surface area contributed by atoms with Gasteiger partial charge in [-0.15, -0.1) is 40.8 Å². The van der Waals surface area contributed by atoms with E-state index in [-0.39, 0.29) is 81.5 Å². The summed E-state index contributed by atoms with van der Waals surface area (Å²) < 4.78 is 10.3. The highest BCUT2D eigenvalue weighted by molar-refractivity contribution is 5.88. The second-order valence-corrected chi connectivity index (χ2v) is 31.8. The molecule has 4 heterocycles. The van der Waals surface area contributed by atoms with Gasteiger partial charge in [0.25, 0.3) is 0 Å². The average molecular weight is 1820 g/mol. The Morgan fingerprint density at radius 3 is 0.940 bits per heavy atom. The van der Waals surface area contributed by atoms with E-state index in [0.717, 1.165) is 126 Å². The largest absolute Gasteiger partial charge is 0.508 e. The number of aromatic nitrogens is 16. The van der Waals surface area contributed by atoms with Gasteiger partial charge in [0.05, 0.1) is 20.3 Å². The Morgan fingerprint density at radius 1 is 0.366 bits per heavy atom. The first kappa shape index (κ1) is 98.7. The molecule has 0 bridgehead atoms. The molecule has 0 saturated carbocycles. The fourth-order valence-electron chi connectivity index (χ4n) is 15.1. The molecule has 34 heteroatoms. The molecule has 134 heavy (non-hydrogen) atoms. The highest BCUT2D eigenvalue weighted by atomic mass is 16.6. The molecule has 2 unspecified atom stereocenters. The van der Waals surface area contributed by atoms with Crippen LogP contribution in [0.1, 0.15) is 133 Å². The Balaban J connectivity index is 0.000000173. The summed E-state index contributed by atoms with van der Waals surface area (Å²) >= 11 is 0. The molecular weight excluding hydrogens is 1710 g/mol. The molecule has 0 radical (unpaired) electrons. The van der Waals surface area contributed by atoms with Gasteiger partial charge in [0.1, 0.15) is 29.6 Å². The van der Waals surface area contributed by atoms with E-state index in [1.165, 1.54) is 26.8 Å². The summed E-state index contributed by atoms with van der Waals surface area (Å²) in [5.74, 6) is -0.876. The van der Waals surface area contributed by atoms with Crippen LogP contribution in [0, 0.1) is 5.92 Å². The quantitative estimate of drug-likeness (QED) is 0.0172. The number of unbranched alkanes of at least 4 members (excludes halogenated alkanes) is 3. The monoisotopic (exact) mass is 1810 g/mol. The third kappa shape index (κ3) is 27.6. The van der Waals surface area contributed by atoms with Crippen molar-refractivity contribution in [2.45, 2.75) is 156 Å². The van der Waals surface area contributed by atoms with Gasteiger partial charge in [-0.25, -0.2) is 19.2 Å². The summed E-state index contributed by atoms with van der Waals surface area (Å²) in [6.07, 6.45) is 5.74. The molecule has 4 amide bonds. The van der Waals surface area contributed by atoms with Crippen LogP contribution < -0.4 is 4.74 Å². The molecule has 14 rings (SSSR count). The van der Waals surface area contributed by atoms with Crippen molar-refractivity contribution in [2.75, 3.05) is 26.9 Å². The topological polar surface area (TPSA) is 470 Å². The summed E-state index contributed by atoms with van der Waals surface area (Å²) in [7, 11) is 1.58. The lowest BCUT2D eigenvalue weighted by Crippen LogP contribution is -2.47. The second kappa shape index (κ2) is 50.3. The van der Waals surface area contributed by atoms with E-state index in [2.05, 4.69) is 89.4 Å². The molecule has 34 nitrogen and oxygen atoms in total. The van der Waals surface area contributed by atoms with Crippen LogP contribution in [0.5, 0.6) is 11.5 Å². The van der Waals surface area contributed by atoms with E-state index in [9.17, 15) is 59.1 Å². The molecule has 0 spiro atoms. The van der Waals surface area contributed by atoms with Crippen LogP contribution in [-0.2, 0) is 72.5 Å². The van der Waals surface area contributed by atoms with E-state index >= 15 is 0 Å². The number of aliphatic carboxylic acids is 3. The van der Waals surface area contributed by atoms with Crippen molar-refractivity contribution < 1.29 is 68.6 Å². The second-order valence-electron chi connectivity index (χ2n) is 31.8. The Hall–Kier alpha value is -15.9. The Labute approximate surface area is 775 Å². The molecule has 0 saturated heterocycles. The molecular formula is C100H110N20O14. The molecule has 0 aliphatic rings. The van der Waals surface area contributed by atoms with Crippen molar-refractivity contribution in [3.63, 3.8) is 0 Å². The highest BCUT2D eigenvalue weighted by Crippen LogP contribution is 2.36. The molecule has 0 fully saturated rings. The number of nitrogens with zero attached hydrogens (tertiary/aromatic N) is 16. The number of carbonyl (C=O) groups is 7. The number of hydrogen-bond donors (Lipinski definition) is 9. The average Bonchev–Trinajstić information content (AvgIpc) is 1.46. The molecule has 4 aromatic heterocycles. The first-order valence-electron chi connectivity index (χ1n) is 44.3. The van der Waals surface area contributed by atoms with Gasteiger partial charge in [-0.1, -0.05) is 272 Å². The predicted octanol–water partition coefficient (Wildman–Crippen LogP) is 15.9. The molecule has 10 aromatic carbocycles. The van der Waals surface area contributed by atoms with Crippen LogP contribution in [0.15, 0.2) is 243 Å². The number of aromatic hydroxyl groups is 1. The van der Waals surface area contributed by atoms with E-state index < -0.39 is 42.1 Å². The highest BCUT2D eigenvalue weighted by Gasteiger charge is 2.35. The van der Waals surface area contributed by atoms with Gasteiger partial charge < -0.3 is 49.7 Å². The lowest BCUT2D eigenvalue weighted by molar-refractivity contribution is -0.151. The lowest BCUT2D eigenvalue weighted by Gasteiger charge is -2.30. The maximum absolute atomic E-state index is 13.2. The third-order valence-corrected chi connectivity index (χ3v) is 22.1. The standard InChI is InChI=1S/C29H31N5O4.C28H29N5O4.C22H25N5O4.C21H25N5O2/c1-3-4-9-27(35)34(26(29(36)37)18-20-12-16-23(38-2)17-13-20)19-21-10-14-22(15-11-21)24-7-5-6-8-25(24)28-30-32-33-31-28;1-2-3-8-26(35)33(25(28(36)37)17-19-11-15-22(34)16-12-19)18-20-9-13-21(14-10-20)23-6-4-5-7-24(23)27-29-31-32-30-27;1-4-31-22(30)27(19(14(2)3)21(28)29)13-15-9-11-16(12-10-15)17-7-5-6-8-18(17)20-23-25-26-24-20;1-2-3-8-20(28)26(13-14-27)15-16-9-11-17(12-10-16)18-6-4-5-7-19(18)21-22-24-25-23-21/h5-8,10-17,26H,3-4,9,18-19H2,1-2H3,(H,36,37)(H,30,31,32,33);4-7,9-16,25,34H,2-3,8,17-18H2,1H3,(H,36,37)(H,29,30,31,32);5-12,14,19H,4,13H2,1-3H3,(H,28,29)(H,23,24,25,26);4-7,9-12,27H,2-3,8,13-15H2,1H3,(H,22,23,24,25)/t;;19-;/m..0./s1. The smallest absolute Gasteiger partial charge is 0.410 e. The number of carboxylic acids is 3. The first-order chi connectivity index (χ1) is 65.1. The van der Waals surface area contributed by atoms with Crippen molar-refractivity contribution >= 4 is 41.7 Å². The fraction of sp³-hybridized carbons (Fsp3) is 0.290. The molecule has 0 aliphatic carbocycles. The van der Waals surface area contributed by atoms with Gasteiger partial charge in [0, 0.05) is 87.1 Å². The normalized spacial score (nSPS) is 11.5. The number of aliphatic hydroxyl groups is 1. The first-order valence-corrected chi connectivity index (χ1v) is 44.3. The number of phenols is 1. The van der Waals surface area contributed by atoms with E-state index in [4.69, 9.17) is 9.47 Å². The van der Waals surface area contributed by atoms with Crippen LogP contribution in [0.2, 0.25) is 0 Å². The van der Waals surface area contributed by atoms with Crippen molar-refractivity contribution in [2.24, 2.45) is 5.92 Å². The van der Waals surface area contributed by atoms with Crippen molar-refractivity contribution in [1.82, 2.24) is 102 Å². The molecule has 0 aliphatic heterocycles. The number of methoxy groups -OCH3 is 1. The van der Waals surface area contributed by atoms with E-state index in [1.54, 1.807) is 57.0 Å². The number of aliphatic hydroxyl groups excluding tert-OH is 1. The summed E-state index contributed by atoms with van der Waals surface area (Å²) in [6.45, 7) is 12.8. The van der Waals surface area contributed by atoms with Gasteiger partial charge >= 0.3 is 24.0 Å². The molecule has 9 N–H and O–H groups in total. The number of benzene rings is 10. The number of ether oxygens (including phenoxy) is 2. The van der Waals surface area contributed by atoms with E-state index in [1.807, 2.05) is 220 Å². The molecule has 3 atom stereocenters. The Kier molecular flexibility index (Phi) is 37.1. The number of phenolic OH excluding ortho intramolecular Hbond substituents is 1. The number of tetrazole rings is 4. The van der Waals surface area contributed by atoms with Gasteiger partial charge in [0.2, 0.25) is 41.0 Å². The number of hydrogen-bond acceptors (Lipinski definition) is 23. The summed E-state index contributed by atoms with van der Waals surface area (Å²) in [5, 5.41) is 106. The predicted molar refractivity (Wildman–Crippen MR) is 503 cm³/mol. The lowest BCUT2D eigenvalue weighted by atomic mass is 9.97. The zero-order valence-corrected chi connectivity index (χ0v) is 75.7. The maximum Gasteiger partial charge on any atom is 0.410 e. The van der Waals surface area contributed by atoms with Crippen molar-refractivity contribution in [3.05, 3.63) is 276 Å². The summed E-state index contributed by atoms with van der Waals surface area (Å²) in [4.78, 5) is 93.6. The minimum atomic E-state index is -1.07. The number of carbonyl (C=O) groups excluding carboxylic acids is 4. The van der Waals surface area contributed by atoms with Crippen molar-refractivity contribution in [1.29, 1.82) is 0 Å². The van der Waals surface area contributed by atoms with Crippen LogP contribution >= 0.6 is 0 Å². The van der Waals surface area contributed by atoms with Gasteiger partial charge in [-0.05, 0) is 155 Å². The van der Waals surface area contributed by atoms with Crippen molar-refractivity contribution in [3.8, 4) is 102 Å². The minimum absolute atomic E-state index is 0.0337. The van der Waals surface area contributed by atoms with Gasteiger partial charge in [-0.3, -0.25) is 19.3 Å². The zero-order chi connectivity index (χ0) is 95.3. The maximum atomic E-state index is 13.2. The fourth-order valence-corrected chi connectivity index (χ4v) is 15.1. The summed E-state index contributed by atoms with van der Waals surface area (Å²) in [6, 6.07) is 72.9. The Bertz CT molecular complexity index is 6020. The van der Waals surface area contributed by atoms with E-state index in [0.29, 0.717) is 67.8 Å². The molecule has 694 valence electrons. The van der Waals surface area contributed by atoms with Crippen LogP contribution in [-0.4, -0.2) is 214 Å². The number of carboxylic acid groups (broad SMARTS) is 3. The van der Waals surface area contributed by atoms with Crippen LogP contribution in [0.3, 0.4) is 0 Å². The summed E-state index contributed by atoms with van der Waals surface area (Å²) in [5.41, 5.74) is 16.1. The number of rotatable bonds is 40. The third-order valence-electron chi connectivity index (χ3n) is 22.1. The van der Waals surface area contributed by atoms with Crippen LogP contribution in [0.25, 0.3) is 90.1 Å².